The van der Waals surface area contributed by atoms with Crippen LogP contribution in [0.15, 0.2) is 0 Å². The highest BCUT2D eigenvalue weighted by Gasteiger charge is 2.72. The number of ether oxygens (including phenoxy) is 2. The maximum atomic E-state index is 12.6. The summed E-state index contributed by atoms with van der Waals surface area (Å²) in [6.07, 6.45) is -0.561. The molecule has 1 fully saturated rings. The van der Waals surface area contributed by atoms with Crippen LogP contribution in [0.3, 0.4) is 0 Å². The minimum absolute atomic E-state index is 0.0719. The first-order valence-corrected chi connectivity index (χ1v) is 5.35. The van der Waals surface area contributed by atoms with Crippen molar-refractivity contribution in [1.82, 2.24) is 0 Å². The summed E-state index contributed by atoms with van der Waals surface area (Å²) >= 11 is 0. The van der Waals surface area contributed by atoms with Crippen molar-refractivity contribution in [2.45, 2.75) is 26.1 Å². The van der Waals surface area contributed by atoms with Gasteiger partial charge in [0.15, 0.2) is 0 Å². The number of halogens is 3. The third kappa shape index (κ3) is 2.40. The molecule has 0 bridgehead atoms. The molecule has 0 N–H and O–H groups in total. The summed E-state index contributed by atoms with van der Waals surface area (Å²) in [7, 11) is 0. The van der Waals surface area contributed by atoms with E-state index >= 15 is 0 Å². The molecule has 0 radical (unpaired) electrons. The van der Waals surface area contributed by atoms with Crippen molar-refractivity contribution in [2.75, 3.05) is 13.2 Å². The summed E-state index contributed by atoms with van der Waals surface area (Å²) in [5, 5.41) is 0. The van der Waals surface area contributed by atoms with Crippen molar-refractivity contribution in [2.24, 2.45) is 5.41 Å². The van der Waals surface area contributed by atoms with Gasteiger partial charge >= 0.3 is 18.9 Å². The van der Waals surface area contributed by atoms with E-state index in [0.29, 0.717) is 0 Å². The smallest absolute Gasteiger partial charge is 0.465 e. The fourth-order valence-electron chi connectivity index (χ4n) is 1.82. The fourth-order valence-corrected chi connectivity index (χ4v) is 1.82. The van der Waals surface area contributed by atoms with Gasteiger partial charge < -0.3 is 22.4 Å². The van der Waals surface area contributed by atoms with Crippen LogP contribution in [0.2, 0.25) is 5.82 Å². The van der Waals surface area contributed by atoms with E-state index in [4.69, 9.17) is 0 Å². The fraction of sp³-hybridized carbons (Fsp3) is 0.778. The molecule has 0 aromatic carbocycles. The summed E-state index contributed by atoms with van der Waals surface area (Å²) in [5.74, 6) is -4.20. The van der Waals surface area contributed by atoms with Gasteiger partial charge in [-0.05, 0) is 26.1 Å². The van der Waals surface area contributed by atoms with Crippen LogP contribution in [-0.4, -0.2) is 32.1 Å². The van der Waals surface area contributed by atoms with Crippen LogP contribution >= 0.6 is 0 Å². The Hall–Kier alpha value is -1.21. The predicted octanol–water partition coefficient (Wildman–Crippen LogP) is 1.72. The molecule has 8 heteroatoms. The highest BCUT2D eigenvalue weighted by Crippen LogP contribution is 2.65. The van der Waals surface area contributed by atoms with Crippen LogP contribution in [-0.2, 0) is 19.1 Å². The Labute approximate surface area is 96.5 Å². The average Bonchev–Trinajstić information content (AvgIpc) is 2.94. The molecule has 0 aliphatic heterocycles. The van der Waals surface area contributed by atoms with Gasteiger partial charge in [-0.25, -0.2) is 0 Å². The van der Waals surface area contributed by atoms with Crippen LogP contribution in [0, 0.1) is 5.41 Å². The van der Waals surface area contributed by atoms with E-state index < -0.39 is 36.6 Å². The molecule has 4 nitrogen and oxygen atoms in total. The Bertz CT molecular complexity index is 311. The molecule has 17 heavy (non-hydrogen) atoms. The van der Waals surface area contributed by atoms with Crippen LogP contribution in [0.4, 0.5) is 12.9 Å². The van der Waals surface area contributed by atoms with Crippen LogP contribution in [0.5, 0.6) is 0 Å². The maximum Gasteiger partial charge on any atom is 0.483 e. The SMILES string of the molecule is CCOC(=O)C1(C(=O)OCC)C[C@@H]1[B-](F)(F)F. The highest BCUT2D eigenvalue weighted by atomic mass is 19.4. The number of carbonyl (C=O) groups excluding carboxylic acids is 2. The molecule has 1 rings (SSSR count). The number of rotatable bonds is 5. The largest absolute Gasteiger partial charge is 0.483 e. The minimum Gasteiger partial charge on any atom is -0.465 e. The second-order valence-corrected chi connectivity index (χ2v) is 3.85. The average molecular weight is 253 g/mol. The summed E-state index contributed by atoms with van der Waals surface area (Å²) < 4.78 is 46.8. The molecule has 1 saturated carbocycles. The van der Waals surface area contributed by atoms with Crippen molar-refractivity contribution in [1.29, 1.82) is 0 Å². The van der Waals surface area contributed by atoms with Gasteiger partial charge in [0.25, 0.3) is 0 Å². The Morgan fingerprint density at radius 3 is 1.82 bits per heavy atom. The van der Waals surface area contributed by atoms with Crippen LogP contribution < -0.4 is 0 Å². The Morgan fingerprint density at radius 2 is 1.59 bits per heavy atom. The molecule has 0 unspecified atom stereocenters. The highest BCUT2D eigenvalue weighted by molar-refractivity contribution is 6.63. The van der Waals surface area contributed by atoms with Gasteiger partial charge in [0.1, 0.15) is 5.41 Å². The van der Waals surface area contributed by atoms with E-state index in [2.05, 4.69) is 9.47 Å². The lowest BCUT2D eigenvalue weighted by atomic mass is 9.77. The minimum atomic E-state index is -5.25. The number of hydrogen-bond donors (Lipinski definition) is 0. The van der Waals surface area contributed by atoms with E-state index in [9.17, 15) is 22.5 Å². The molecule has 1 aliphatic carbocycles. The lowest BCUT2D eigenvalue weighted by Crippen LogP contribution is -2.35. The summed E-state index contributed by atoms with van der Waals surface area (Å²) in [6.45, 7) is -2.46. The van der Waals surface area contributed by atoms with Crippen molar-refractivity contribution >= 4 is 18.9 Å². The van der Waals surface area contributed by atoms with E-state index in [-0.39, 0.29) is 13.2 Å². The quantitative estimate of drug-likeness (QED) is 0.425. The Kier molecular flexibility index (Phi) is 3.73. The van der Waals surface area contributed by atoms with E-state index in [1.54, 1.807) is 0 Å². The Morgan fingerprint density at radius 1 is 1.18 bits per heavy atom. The molecule has 0 aromatic rings. The predicted molar refractivity (Wildman–Crippen MR) is 53.1 cm³/mol. The zero-order valence-electron chi connectivity index (χ0n) is 9.54. The summed E-state index contributed by atoms with van der Waals surface area (Å²) in [6, 6.07) is 0. The molecule has 98 valence electrons. The van der Waals surface area contributed by atoms with E-state index in [1.165, 1.54) is 13.8 Å². The van der Waals surface area contributed by atoms with Gasteiger partial charge in [0.05, 0.1) is 13.2 Å². The second-order valence-electron chi connectivity index (χ2n) is 3.85. The molecular formula is C9H13BF3O4-. The third-order valence-corrected chi connectivity index (χ3v) is 2.75. The number of hydrogen-bond acceptors (Lipinski definition) is 4. The lowest BCUT2D eigenvalue weighted by Gasteiger charge is -2.19. The Balaban J connectivity index is 2.91. The van der Waals surface area contributed by atoms with Gasteiger partial charge in [-0.1, -0.05) is 0 Å². The standard InChI is InChI=1S/C9H13BF3O4/c1-3-16-7(14)9(8(15)17-4-2)5-6(9)10(11,12)13/h6H,3-5H2,1-2H3/q-1/t6-/m0/s1. The molecule has 0 saturated heterocycles. The summed E-state index contributed by atoms with van der Waals surface area (Å²) in [4.78, 5) is 23.0. The first kappa shape index (κ1) is 13.9. The van der Waals surface area contributed by atoms with Gasteiger partial charge in [0, 0.05) is 0 Å². The van der Waals surface area contributed by atoms with Crippen molar-refractivity contribution < 1.29 is 32.0 Å². The van der Waals surface area contributed by atoms with Crippen molar-refractivity contribution in [3.05, 3.63) is 0 Å². The molecule has 1 atom stereocenters. The van der Waals surface area contributed by atoms with Gasteiger partial charge in [-0.15, -0.1) is 0 Å². The normalized spacial score (nSPS) is 21.8. The van der Waals surface area contributed by atoms with Gasteiger partial charge in [-0.2, -0.15) is 0 Å². The molecular weight excluding hydrogens is 240 g/mol. The van der Waals surface area contributed by atoms with E-state index in [0.717, 1.165) is 0 Å². The van der Waals surface area contributed by atoms with E-state index in [1.807, 2.05) is 0 Å². The molecule has 0 aromatic heterocycles. The van der Waals surface area contributed by atoms with Gasteiger partial charge in [-0.3, -0.25) is 9.59 Å². The summed E-state index contributed by atoms with van der Waals surface area (Å²) in [5.41, 5.74) is -2.15. The maximum absolute atomic E-state index is 12.6. The zero-order chi connectivity index (χ0) is 13.3. The molecule has 0 heterocycles. The second kappa shape index (κ2) is 4.58. The monoisotopic (exact) mass is 253 g/mol. The van der Waals surface area contributed by atoms with Crippen molar-refractivity contribution in [3.63, 3.8) is 0 Å². The number of carbonyl (C=O) groups is 2. The lowest BCUT2D eigenvalue weighted by molar-refractivity contribution is -0.164. The first-order chi connectivity index (χ1) is 7.80. The van der Waals surface area contributed by atoms with Gasteiger partial charge in [0.2, 0.25) is 0 Å². The van der Waals surface area contributed by atoms with Crippen LogP contribution in [0.25, 0.3) is 0 Å². The van der Waals surface area contributed by atoms with Crippen LogP contribution in [0.1, 0.15) is 20.3 Å². The molecule has 0 spiro atoms. The first-order valence-electron chi connectivity index (χ1n) is 5.35. The molecule has 0 amide bonds. The number of esters is 2. The van der Waals surface area contributed by atoms with Crippen molar-refractivity contribution in [3.8, 4) is 0 Å². The zero-order valence-corrected chi connectivity index (χ0v) is 9.54. The molecule has 1 aliphatic rings. The third-order valence-electron chi connectivity index (χ3n) is 2.75. The topological polar surface area (TPSA) is 52.6 Å².